The number of hydrogen-bond acceptors (Lipinski definition) is 8. The Balaban J connectivity index is 1.33. The van der Waals surface area contributed by atoms with Gasteiger partial charge in [-0.15, -0.1) is 0 Å². The molecule has 176 valence electrons. The van der Waals surface area contributed by atoms with Gasteiger partial charge >= 0.3 is 6.01 Å². The first-order chi connectivity index (χ1) is 16.4. The van der Waals surface area contributed by atoms with Crippen LogP contribution in [0.1, 0.15) is 42.6 Å². The maximum absolute atomic E-state index is 13.3. The van der Waals surface area contributed by atoms with Crippen LogP contribution < -0.4 is 10.1 Å². The maximum Gasteiger partial charge on any atom is 0.316 e. The molecule has 2 aliphatic rings. The molecule has 0 unspecified atom stereocenters. The molecule has 0 aromatic carbocycles. The summed E-state index contributed by atoms with van der Waals surface area (Å²) in [6, 6.07) is 4.14. The second-order valence-electron chi connectivity index (χ2n) is 8.93. The Hall–Kier alpha value is -3.33. The number of aromatic nitrogens is 5. The van der Waals surface area contributed by atoms with E-state index in [0.717, 1.165) is 41.9 Å². The van der Waals surface area contributed by atoms with Crippen molar-refractivity contribution in [3.8, 4) is 17.4 Å². The standard InChI is InChI=1S/C24H26ClN7O2/c1-14(19-18(25)12-28-23(30-19)34-3)22(33)32-10-7-24(13-32)6-5-16-11-17(15(2)29-20(16)31-24)21-26-8-4-9-27-21/h4,8-9,11-12,14H,5-7,10,13H2,1-3H3,(H,29,31)/t14-,24+/m1/s1. The van der Waals surface area contributed by atoms with Crippen molar-refractivity contribution in [1.29, 1.82) is 0 Å². The van der Waals surface area contributed by atoms with E-state index in [1.54, 1.807) is 18.5 Å². The number of carbonyl (C=O) groups is 1. The van der Waals surface area contributed by atoms with Gasteiger partial charge in [0, 0.05) is 31.0 Å². The van der Waals surface area contributed by atoms with Crippen LogP contribution in [-0.4, -0.2) is 61.5 Å². The molecule has 34 heavy (non-hydrogen) atoms. The molecule has 10 heteroatoms. The molecule has 0 saturated carbocycles. The Bertz CT molecular complexity index is 1240. The van der Waals surface area contributed by atoms with E-state index in [2.05, 4.69) is 31.3 Å². The first-order valence-corrected chi connectivity index (χ1v) is 11.7. The van der Waals surface area contributed by atoms with Crippen LogP contribution in [0.5, 0.6) is 6.01 Å². The summed E-state index contributed by atoms with van der Waals surface area (Å²) < 4.78 is 5.10. The van der Waals surface area contributed by atoms with Gasteiger partial charge in [-0.25, -0.2) is 19.9 Å². The SMILES string of the molecule is COc1ncc(Cl)c([C@@H](C)C(=O)N2CC[C@@]3(CCc4cc(-c5ncccn5)c(C)nc4N3)C2)n1. The van der Waals surface area contributed by atoms with E-state index in [-0.39, 0.29) is 17.5 Å². The van der Waals surface area contributed by atoms with Crippen molar-refractivity contribution in [3.05, 3.63) is 52.7 Å². The van der Waals surface area contributed by atoms with Gasteiger partial charge in [0.05, 0.1) is 41.2 Å². The third-order valence-corrected chi connectivity index (χ3v) is 7.02. The lowest BCUT2D eigenvalue weighted by molar-refractivity contribution is -0.131. The zero-order valence-electron chi connectivity index (χ0n) is 19.4. The zero-order valence-corrected chi connectivity index (χ0v) is 20.1. The van der Waals surface area contributed by atoms with Crippen molar-refractivity contribution in [2.75, 3.05) is 25.5 Å². The van der Waals surface area contributed by atoms with Gasteiger partial charge in [-0.1, -0.05) is 11.6 Å². The molecule has 0 radical (unpaired) electrons. The van der Waals surface area contributed by atoms with Gasteiger partial charge in [0.1, 0.15) is 5.82 Å². The lowest BCUT2D eigenvalue weighted by Gasteiger charge is -2.36. The summed E-state index contributed by atoms with van der Waals surface area (Å²) in [6.07, 6.45) is 7.60. The lowest BCUT2D eigenvalue weighted by atomic mass is 9.86. The first kappa shape index (κ1) is 22.5. The summed E-state index contributed by atoms with van der Waals surface area (Å²) in [6.45, 7) is 5.07. The molecule has 1 N–H and O–H groups in total. The van der Waals surface area contributed by atoms with Crippen LogP contribution in [0.15, 0.2) is 30.7 Å². The van der Waals surface area contributed by atoms with Crippen LogP contribution in [0.25, 0.3) is 11.4 Å². The minimum absolute atomic E-state index is 0.00663. The first-order valence-electron chi connectivity index (χ1n) is 11.3. The Kier molecular flexibility index (Phi) is 5.81. The van der Waals surface area contributed by atoms with Crippen molar-refractivity contribution in [1.82, 2.24) is 29.8 Å². The third-order valence-electron chi connectivity index (χ3n) is 6.73. The summed E-state index contributed by atoms with van der Waals surface area (Å²) in [4.78, 5) is 37.1. The number of aryl methyl sites for hydroxylation is 2. The minimum Gasteiger partial charge on any atom is -0.467 e. The van der Waals surface area contributed by atoms with Gasteiger partial charge in [0.25, 0.3) is 0 Å². The molecular formula is C24H26ClN7O2. The molecule has 0 aliphatic carbocycles. The van der Waals surface area contributed by atoms with Gasteiger partial charge < -0.3 is 15.0 Å². The summed E-state index contributed by atoms with van der Waals surface area (Å²) in [7, 11) is 1.49. The molecule has 5 rings (SSSR count). The van der Waals surface area contributed by atoms with Crippen LogP contribution >= 0.6 is 11.6 Å². The van der Waals surface area contributed by atoms with Crippen LogP contribution in [-0.2, 0) is 11.2 Å². The average molecular weight is 480 g/mol. The zero-order chi connectivity index (χ0) is 23.9. The van der Waals surface area contributed by atoms with Crippen molar-refractivity contribution in [3.63, 3.8) is 0 Å². The summed E-state index contributed by atoms with van der Waals surface area (Å²) in [5.74, 6) is 1.06. The highest BCUT2D eigenvalue weighted by Gasteiger charge is 2.43. The van der Waals surface area contributed by atoms with E-state index in [9.17, 15) is 4.79 Å². The Morgan fingerprint density at radius 2 is 2.03 bits per heavy atom. The highest BCUT2D eigenvalue weighted by atomic mass is 35.5. The molecule has 5 heterocycles. The number of nitrogens with one attached hydrogen (secondary N) is 1. The number of pyridine rings is 1. The van der Waals surface area contributed by atoms with E-state index in [0.29, 0.717) is 29.6 Å². The largest absolute Gasteiger partial charge is 0.467 e. The summed E-state index contributed by atoms with van der Waals surface area (Å²) in [5.41, 5.74) is 3.26. The second kappa shape index (κ2) is 8.79. The number of rotatable bonds is 4. The molecule has 1 saturated heterocycles. The molecule has 9 nitrogen and oxygen atoms in total. The topological polar surface area (TPSA) is 106 Å². The predicted molar refractivity (Wildman–Crippen MR) is 128 cm³/mol. The van der Waals surface area contributed by atoms with Crippen LogP contribution in [0, 0.1) is 6.92 Å². The number of hydrogen-bond donors (Lipinski definition) is 1. The van der Waals surface area contributed by atoms with E-state index in [1.807, 2.05) is 18.7 Å². The Labute approximate surface area is 203 Å². The summed E-state index contributed by atoms with van der Waals surface area (Å²) in [5, 5.41) is 4.03. The van der Waals surface area contributed by atoms with E-state index >= 15 is 0 Å². The second-order valence-corrected chi connectivity index (χ2v) is 9.34. The molecule has 3 aromatic rings. The maximum atomic E-state index is 13.3. The molecule has 1 fully saturated rings. The number of anilines is 1. The number of fused-ring (bicyclic) bond motifs is 1. The number of halogens is 1. The van der Waals surface area contributed by atoms with Crippen LogP contribution in [0.3, 0.4) is 0 Å². The number of amides is 1. The van der Waals surface area contributed by atoms with E-state index < -0.39 is 5.92 Å². The number of nitrogens with zero attached hydrogens (tertiary/aromatic N) is 6. The average Bonchev–Trinajstić information content (AvgIpc) is 3.26. The van der Waals surface area contributed by atoms with Gasteiger partial charge in [0.15, 0.2) is 5.82 Å². The highest BCUT2D eigenvalue weighted by Crippen LogP contribution is 2.38. The molecule has 1 spiro atoms. The van der Waals surface area contributed by atoms with E-state index in [4.69, 9.17) is 21.3 Å². The van der Waals surface area contributed by atoms with Crippen molar-refractivity contribution in [2.45, 2.75) is 44.6 Å². The molecular weight excluding hydrogens is 454 g/mol. The fraction of sp³-hybridized carbons (Fsp3) is 0.417. The van der Waals surface area contributed by atoms with Gasteiger partial charge in [-0.2, -0.15) is 4.98 Å². The predicted octanol–water partition coefficient (Wildman–Crippen LogP) is 3.43. The molecule has 1 amide bonds. The fourth-order valence-electron chi connectivity index (χ4n) is 4.82. The summed E-state index contributed by atoms with van der Waals surface area (Å²) >= 11 is 6.29. The molecule has 2 atom stereocenters. The van der Waals surface area contributed by atoms with Gasteiger partial charge in [-0.05, 0) is 50.8 Å². The number of methoxy groups -OCH3 is 1. The lowest BCUT2D eigenvalue weighted by Crippen LogP contribution is -2.46. The van der Waals surface area contributed by atoms with Crippen molar-refractivity contribution >= 4 is 23.3 Å². The van der Waals surface area contributed by atoms with Crippen molar-refractivity contribution in [2.24, 2.45) is 0 Å². The van der Waals surface area contributed by atoms with Gasteiger partial charge in [-0.3, -0.25) is 4.79 Å². The minimum atomic E-state index is -0.496. The number of likely N-dealkylation sites (tertiary alicyclic amines) is 1. The Morgan fingerprint density at radius 1 is 1.24 bits per heavy atom. The van der Waals surface area contributed by atoms with Gasteiger partial charge in [0.2, 0.25) is 5.91 Å². The highest BCUT2D eigenvalue weighted by molar-refractivity contribution is 6.31. The Morgan fingerprint density at radius 3 is 2.79 bits per heavy atom. The molecule has 2 aliphatic heterocycles. The number of carbonyl (C=O) groups excluding carboxylic acids is 1. The normalized spacial score (nSPS) is 20.1. The molecule has 3 aromatic heterocycles. The molecule has 0 bridgehead atoms. The monoisotopic (exact) mass is 479 g/mol. The fourth-order valence-corrected chi connectivity index (χ4v) is 5.08. The van der Waals surface area contributed by atoms with E-state index in [1.165, 1.54) is 13.3 Å². The third kappa shape index (κ3) is 4.04. The van der Waals surface area contributed by atoms with Crippen LogP contribution in [0.2, 0.25) is 5.02 Å². The van der Waals surface area contributed by atoms with Crippen LogP contribution in [0.4, 0.5) is 5.82 Å². The number of ether oxygens (including phenoxy) is 1. The smallest absolute Gasteiger partial charge is 0.316 e. The quantitative estimate of drug-likeness (QED) is 0.606. The van der Waals surface area contributed by atoms with Crippen molar-refractivity contribution < 1.29 is 9.53 Å².